The van der Waals surface area contributed by atoms with Crippen LogP contribution in [0.1, 0.15) is 90.4 Å². The van der Waals surface area contributed by atoms with Crippen molar-refractivity contribution in [1.82, 2.24) is 5.32 Å². The van der Waals surface area contributed by atoms with Gasteiger partial charge in [-0.1, -0.05) is 71.1 Å². The van der Waals surface area contributed by atoms with Gasteiger partial charge in [-0.3, -0.25) is 0 Å². The van der Waals surface area contributed by atoms with Gasteiger partial charge in [-0.15, -0.1) is 0 Å². The maximum Gasteiger partial charge on any atom is 0.0716 e. The van der Waals surface area contributed by atoms with E-state index < -0.39 is 0 Å². The van der Waals surface area contributed by atoms with Gasteiger partial charge in [0.15, 0.2) is 0 Å². The quantitative estimate of drug-likeness (QED) is 0.481. The van der Waals surface area contributed by atoms with Crippen LogP contribution < -0.4 is 5.32 Å². The first-order chi connectivity index (χ1) is 10.3. The van der Waals surface area contributed by atoms with Crippen molar-refractivity contribution in [3.63, 3.8) is 0 Å². The van der Waals surface area contributed by atoms with Crippen LogP contribution in [0, 0.1) is 0 Å². The minimum absolute atomic E-state index is 0.0513. The van der Waals surface area contributed by atoms with Crippen LogP contribution in [0.2, 0.25) is 0 Å². The smallest absolute Gasteiger partial charge is 0.0716 e. The standard InChI is InChI=1S/C18H37NO2/c1-2-3-4-5-6-7-8-9-10-11-12-16-13-14-18(21)17(15-20)19-16/h16-21H,2-15H2,1H3/t16-,17+,18+/m1/s1. The minimum Gasteiger partial charge on any atom is -0.395 e. The molecule has 0 saturated carbocycles. The monoisotopic (exact) mass is 299 g/mol. The van der Waals surface area contributed by atoms with Gasteiger partial charge in [0.05, 0.1) is 18.8 Å². The lowest BCUT2D eigenvalue weighted by Crippen LogP contribution is -2.52. The first-order valence-corrected chi connectivity index (χ1v) is 9.33. The van der Waals surface area contributed by atoms with Gasteiger partial charge >= 0.3 is 0 Å². The number of nitrogens with one attached hydrogen (secondary N) is 1. The van der Waals surface area contributed by atoms with E-state index in [1.165, 1.54) is 70.6 Å². The van der Waals surface area contributed by atoms with Crippen molar-refractivity contribution in [3.05, 3.63) is 0 Å². The minimum atomic E-state index is -0.362. The van der Waals surface area contributed by atoms with E-state index in [1.807, 2.05) is 0 Å². The highest BCUT2D eigenvalue weighted by Gasteiger charge is 2.27. The molecule has 3 atom stereocenters. The van der Waals surface area contributed by atoms with Gasteiger partial charge in [-0.25, -0.2) is 0 Å². The molecule has 21 heavy (non-hydrogen) atoms. The fraction of sp³-hybridized carbons (Fsp3) is 1.00. The molecule has 0 unspecified atom stereocenters. The van der Waals surface area contributed by atoms with Crippen LogP contribution in [0.3, 0.4) is 0 Å². The Kier molecular flexibility index (Phi) is 11.2. The summed E-state index contributed by atoms with van der Waals surface area (Å²) < 4.78 is 0. The van der Waals surface area contributed by atoms with Crippen molar-refractivity contribution in [1.29, 1.82) is 0 Å². The number of aliphatic hydroxyl groups excluding tert-OH is 2. The second-order valence-corrected chi connectivity index (χ2v) is 6.77. The zero-order chi connectivity index (χ0) is 15.3. The fourth-order valence-corrected chi connectivity index (χ4v) is 3.35. The van der Waals surface area contributed by atoms with Gasteiger partial charge in [-0.05, 0) is 19.3 Å². The third kappa shape index (κ3) is 8.80. The second kappa shape index (κ2) is 12.4. The third-order valence-electron chi connectivity index (χ3n) is 4.83. The van der Waals surface area contributed by atoms with Crippen LogP contribution in [-0.4, -0.2) is 35.0 Å². The average Bonchev–Trinajstić information content (AvgIpc) is 2.50. The van der Waals surface area contributed by atoms with Crippen molar-refractivity contribution < 1.29 is 10.2 Å². The van der Waals surface area contributed by atoms with Gasteiger partial charge in [0.2, 0.25) is 0 Å². The van der Waals surface area contributed by atoms with E-state index in [0.29, 0.717) is 6.04 Å². The Bertz CT molecular complexity index is 235. The van der Waals surface area contributed by atoms with Crippen LogP contribution in [0.15, 0.2) is 0 Å². The third-order valence-corrected chi connectivity index (χ3v) is 4.83. The molecule has 1 fully saturated rings. The molecule has 0 spiro atoms. The summed E-state index contributed by atoms with van der Waals surface area (Å²) in [6, 6.07) is 0.395. The molecule has 1 saturated heterocycles. The summed E-state index contributed by atoms with van der Waals surface area (Å²) in [6.45, 7) is 2.32. The molecule has 3 nitrogen and oxygen atoms in total. The lowest BCUT2D eigenvalue weighted by molar-refractivity contribution is 0.0482. The molecular weight excluding hydrogens is 262 g/mol. The maximum atomic E-state index is 9.71. The van der Waals surface area contributed by atoms with Crippen molar-refractivity contribution >= 4 is 0 Å². The number of unbranched alkanes of at least 4 members (excludes halogenated alkanes) is 9. The Morgan fingerprint density at radius 3 is 2.00 bits per heavy atom. The summed E-state index contributed by atoms with van der Waals surface area (Å²) in [6.07, 6.45) is 16.5. The summed E-state index contributed by atoms with van der Waals surface area (Å²) in [4.78, 5) is 0. The van der Waals surface area contributed by atoms with Crippen molar-refractivity contribution in [2.24, 2.45) is 0 Å². The van der Waals surface area contributed by atoms with E-state index in [4.69, 9.17) is 0 Å². The molecule has 0 radical (unpaired) electrons. The Morgan fingerprint density at radius 2 is 1.43 bits per heavy atom. The topological polar surface area (TPSA) is 52.5 Å². The van der Waals surface area contributed by atoms with Gasteiger partial charge in [0.1, 0.15) is 0 Å². The van der Waals surface area contributed by atoms with Crippen LogP contribution in [0.4, 0.5) is 0 Å². The molecule has 3 heteroatoms. The molecule has 1 rings (SSSR count). The molecule has 0 aromatic rings. The maximum absolute atomic E-state index is 9.71. The number of hydrogen-bond acceptors (Lipinski definition) is 3. The number of rotatable bonds is 12. The second-order valence-electron chi connectivity index (χ2n) is 6.77. The highest BCUT2D eigenvalue weighted by atomic mass is 16.3. The van der Waals surface area contributed by atoms with Crippen molar-refractivity contribution in [2.45, 2.75) is 109 Å². The molecule has 0 aromatic carbocycles. The van der Waals surface area contributed by atoms with E-state index in [1.54, 1.807) is 0 Å². The molecule has 0 aliphatic carbocycles. The van der Waals surface area contributed by atoms with Crippen LogP contribution in [0.5, 0.6) is 0 Å². The van der Waals surface area contributed by atoms with Crippen LogP contribution >= 0.6 is 0 Å². The lowest BCUT2D eigenvalue weighted by Gasteiger charge is -2.34. The largest absolute Gasteiger partial charge is 0.395 e. The predicted octanol–water partition coefficient (Wildman–Crippen LogP) is 3.77. The van der Waals surface area contributed by atoms with E-state index >= 15 is 0 Å². The Hall–Kier alpha value is -0.120. The summed E-state index contributed by atoms with van der Waals surface area (Å²) >= 11 is 0. The van der Waals surface area contributed by atoms with E-state index in [0.717, 1.165) is 12.8 Å². The first kappa shape index (κ1) is 18.9. The highest BCUT2D eigenvalue weighted by molar-refractivity contribution is 4.86. The Balaban J connectivity index is 1.88. The normalized spacial score (nSPS) is 26.1. The number of hydrogen-bond donors (Lipinski definition) is 3. The molecule has 0 amide bonds. The number of piperidine rings is 1. The van der Waals surface area contributed by atoms with Crippen LogP contribution in [-0.2, 0) is 0 Å². The SMILES string of the molecule is CCCCCCCCCCCC[C@@H]1CC[C@H](O)[C@H](CO)N1. The van der Waals surface area contributed by atoms with Crippen LogP contribution in [0.25, 0.3) is 0 Å². The molecule has 0 aromatic heterocycles. The lowest BCUT2D eigenvalue weighted by atomic mass is 9.93. The van der Waals surface area contributed by atoms with Gasteiger partial charge in [0.25, 0.3) is 0 Å². The van der Waals surface area contributed by atoms with E-state index in [9.17, 15) is 10.2 Å². The Labute approximate surface area is 131 Å². The van der Waals surface area contributed by atoms with Gasteiger partial charge in [0, 0.05) is 6.04 Å². The molecule has 0 bridgehead atoms. The summed E-state index contributed by atoms with van der Waals surface area (Å²) in [5.74, 6) is 0. The molecule has 1 aliphatic heterocycles. The van der Waals surface area contributed by atoms with E-state index in [-0.39, 0.29) is 18.8 Å². The summed E-state index contributed by atoms with van der Waals surface area (Å²) in [7, 11) is 0. The zero-order valence-electron chi connectivity index (χ0n) is 14.0. The number of aliphatic hydroxyl groups is 2. The molecule has 1 aliphatic rings. The zero-order valence-corrected chi connectivity index (χ0v) is 14.0. The van der Waals surface area contributed by atoms with Crippen molar-refractivity contribution in [3.8, 4) is 0 Å². The highest BCUT2D eigenvalue weighted by Crippen LogP contribution is 2.18. The molecule has 126 valence electrons. The predicted molar refractivity (Wildman–Crippen MR) is 89.5 cm³/mol. The summed E-state index contributed by atoms with van der Waals surface area (Å²) in [5.41, 5.74) is 0. The van der Waals surface area contributed by atoms with Crippen molar-refractivity contribution in [2.75, 3.05) is 6.61 Å². The summed E-state index contributed by atoms with van der Waals surface area (Å²) in [5, 5.41) is 22.3. The van der Waals surface area contributed by atoms with Gasteiger partial charge in [-0.2, -0.15) is 0 Å². The fourth-order valence-electron chi connectivity index (χ4n) is 3.35. The van der Waals surface area contributed by atoms with Gasteiger partial charge < -0.3 is 15.5 Å². The average molecular weight is 299 g/mol. The molecule has 3 N–H and O–H groups in total. The first-order valence-electron chi connectivity index (χ1n) is 9.33. The molecular formula is C18H37NO2. The van der Waals surface area contributed by atoms with E-state index in [2.05, 4.69) is 12.2 Å². The molecule has 1 heterocycles. The Morgan fingerprint density at radius 1 is 0.857 bits per heavy atom.